The number of amides is 1. The number of aryl methyl sites for hydroxylation is 1. The molecule has 0 aliphatic carbocycles. The number of anilines is 2. The van der Waals surface area contributed by atoms with E-state index in [-0.39, 0.29) is 5.92 Å². The lowest BCUT2D eigenvalue weighted by molar-refractivity contribution is -0.136. The lowest BCUT2D eigenvalue weighted by atomic mass is 9.95. The molecule has 7 nitrogen and oxygen atoms in total. The smallest absolute Gasteiger partial charge is 0.227 e. The van der Waals surface area contributed by atoms with Gasteiger partial charge in [-0.25, -0.2) is 9.97 Å². The Hall–Kier alpha value is -3.22. The molecule has 0 N–H and O–H groups in total. The predicted octanol–water partition coefficient (Wildman–Crippen LogP) is 2.90. The third-order valence-corrected chi connectivity index (χ3v) is 6.44. The molecule has 0 radical (unpaired) electrons. The van der Waals surface area contributed by atoms with Crippen LogP contribution in [-0.4, -0.2) is 65.0 Å². The summed E-state index contributed by atoms with van der Waals surface area (Å²) in [6.07, 6.45) is 7.16. The topological polar surface area (TPSA) is 65.5 Å². The van der Waals surface area contributed by atoms with Gasteiger partial charge in [-0.3, -0.25) is 9.78 Å². The van der Waals surface area contributed by atoms with Crippen molar-refractivity contribution >= 4 is 28.4 Å². The first kappa shape index (κ1) is 19.7. The number of piperazine rings is 1. The zero-order chi connectivity index (χ0) is 21.2. The second kappa shape index (κ2) is 8.49. The molecule has 1 aromatic carbocycles. The minimum Gasteiger partial charge on any atom is -0.369 e. The second-order valence-corrected chi connectivity index (χ2v) is 8.53. The highest BCUT2D eigenvalue weighted by molar-refractivity contribution is 5.80. The fourth-order valence-corrected chi connectivity index (χ4v) is 4.63. The van der Waals surface area contributed by atoms with Crippen molar-refractivity contribution in [2.75, 3.05) is 49.1 Å². The van der Waals surface area contributed by atoms with E-state index in [2.05, 4.69) is 60.8 Å². The van der Waals surface area contributed by atoms with Gasteiger partial charge in [0.25, 0.3) is 0 Å². The van der Waals surface area contributed by atoms with Crippen LogP contribution in [0.25, 0.3) is 11.2 Å². The molecular weight excluding hydrogens is 388 g/mol. The molecule has 3 aromatic rings. The van der Waals surface area contributed by atoms with Gasteiger partial charge in [-0.15, -0.1) is 0 Å². The van der Waals surface area contributed by atoms with Gasteiger partial charge < -0.3 is 14.7 Å². The summed E-state index contributed by atoms with van der Waals surface area (Å²) in [6.45, 7) is 7.14. The van der Waals surface area contributed by atoms with Crippen LogP contribution in [0.5, 0.6) is 0 Å². The summed E-state index contributed by atoms with van der Waals surface area (Å²) in [5, 5.41) is 0. The summed E-state index contributed by atoms with van der Waals surface area (Å²) in [6, 6.07) is 10.7. The highest BCUT2D eigenvalue weighted by atomic mass is 16.2. The van der Waals surface area contributed by atoms with E-state index in [1.165, 1.54) is 11.3 Å². The Morgan fingerprint density at radius 3 is 2.48 bits per heavy atom. The van der Waals surface area contributed by atoms with E-state index in [9.17, 15) is 4.79 Å². The molecule has 2 saturated heterocycles. The van der Waals surface area contributed by atoms with Gasteiger partial charge in [0.05, 0.1) is 17.8 Å². The maximum absolute atomic E-state index is 13.3. The van der Waals surface area contributed by atoms with Crippen molar-refractivity contribution in [3.63, 3.8) is 0 Å². The molecule has 31 heavy (non-hydrogen) atoms. The number of rotatable bonds is 3. The average molecular weight is 417 g/mol. The van der Waals surface area contributed by atoms with Gasteiger partial charge in [0.1, 0.15) is 5.52 Å². The molecule has 2 fully saturated rings. The Bertz CT molecular complexity index is 1060. The van der Waals surface area contributed by atoms with Crippen LogP contribution in [0.4, 0.5) is 11.4 Å². The lowest BCUT2D eigenvalue weighted by Gasteiger charge is -2.40. The van der Waals surface area contributed by atoms with Crippen LogP contribution in [-0.2, 0) is 4.79 Å². The fourth-order valence-electron chi connectivity index (χ4n) is 4.63. The number of fused-ring (bicyclic) bond motifs is 1. The molecule has 1 unspecified atom stereocenters. The lowest BCUT2D eigenvalue weighted by Crippen LogP contribution is -2.52. The number of pyridine rings is 1. The summed E-state index contributed by atoms with van der Waals surface area (Å²) in [4.78, 5) is 33.0. The number of hydrogen-bond donors (Lipinski definition) is 0. The number of piperidine rings is 1. The van der Waals surface area contributed by atoms with E-state index in [0.29, 0.717) is 11.6 Å². The number of hydrogen-bond acceptors (Lipinski definition) is 6. The van der Waals surface area contributed by atoms with Gasteiger partial charge in [0, 0.05) is 57.3 Å². The first-order chi connectivity index (χ1) is 15.2. The molecule has 0 bridgehead atoms. The highest BCUT2D eigenvalue weighted by Crippen LogP contribution is 2.26. The van der Waals surface area contributed by atoms with Crippen LogP contribution in [0.1, 0.15) is 18.4 Å². The third kappa shape index (κ3) is 4.17. The number of aromatic nitrogens is 3. The zero-order valence-corrected chi connectivity index (χ0v) is 17.9. The van der Waals surface area contributed by atoms with Gasteiger partial charge in [-0.1, -0.05) is 17.7 Å². The van der Waals surface area contributed by atoms with E-state index in [4.69, 9.17) is 0 Å². The number of carbonyl (C=O) groups is 1. The maximum Gasteiger partial charge on any atom is 0.227 e. The molecule has 5 rings (SSSR count). The highest BCUT2D eigenvalue weighted by Gasteiger charge is 2.31. The molecule has 4 heterocycles. The van der Waals surface area contributed by atoms with Crippen molar-refractivity contribution in [1.29, 1.82) is 0 Å². The minimum absolute atomic E-state index is 0.0391. The predicted molar refractivity (Wildman–Crippen MR) is 122 cm³/mol. The van der Waals surface area contributed by atoms with E-state index in [1.54, 1.807) is 12.4 Å². The fraction of sp³-hybridized carbons (Fsp3) is 0.417. The summed E-state index contributed by atoms with van der Waals surface area (Å²) < 4.78 is 0. The van der Waals surface area contributed by atoms with Gasteiger partial charge in [-0.05, 0) is 38.0 Å². The molecule has 0 saturated carbocycles. The number of nitrogens with zero attached hydrogens (tertiary/aromatic N) is 6. The molecule has 2 aliphatic heterocycles. The molecule has 2 aliphatic rings. The van der Waals surface area contributed by atoms with Crippen molar-refractivity contribution in [3.8, 4) is 0 Å². The largest absolute Gasteiger partial charge is 0.369 e. The molecule has 0 spiro atoms. The van der Waals surface area contributed by atoms with E-state index >= 15 is 0 Å². The summed E-state index contributed by atoms with van der Waals surface area (Å²) >= 11 is 0. The van der Waals surface area contributed by atoms with E-state index in [1.807, 2.05) is 12.3 Å². The molecule has 1 atom stereocenters. The molecule has 160 valence electrons. The monoisotopic (exact) mass is 416 g/mol. The average Bonchev–Trinajstić information content (AvgIpc) is 2.84. The Morgan fingerprint density at radius 1 is 0.903 bits per heavy atom. The third-order valence-electron chi connectivity index (χ3n) is 6.44. The van der Waals surface area contributed by atoms with Gasteiger partial charge in [0.2, 0.25) is 5.91 Å². The van der Waals surface area contributed by atoms with Crippen LogP contribution in [0.2, 0.25) is 0 Å². The number of benzene rings is 1. The van der Waals surface area contributed by atoms with Crippen LogP contribution in [0.3, 0.4) is 0 Å². The van der Waals surface area contributed by atoms with Crippen molar-refractivity contribution < 1.29 is 4.79 Å². The Kier molecular flexibility index (Phi) is 5.40. The Balaban J connectivity index is 1.22. The molecule has 1 amide bonds. The second-order valence-electron chi connectivity index (χ2n) is 8.53. The Morgan fingerprint density at radius 2 is 1.68 bits per heavy atom. The number of carbonyl (C=O) groups excluding carboxylic acids is 1. The summed E-state index contributed by atoms with van der Waals surface area (Å²) in [5.74, 6) is 0.332. The standard InChI is InChI=1S/C24H28N6O/c1-18-4-6-20(7-5-18)28-11-13-29(14-12-28)24(31)19-3-2-10-30(17-19)21-15-22-23(27-16-21)26-9-8-25-22/h4-9,15-16,19H,2-3,10-14,17H2,1H3. The molecule has 7 heteroatoms. The van der Waals surface area contributed by atoms with Crippen LogP contribution < -0.4 is 9.80 Å². The normalized spacial score (nSPS) is 19.6. The van der Waals surface area contributed by atoms with Crippen molar-refractivity contribution in [1.82, 2.24) is 19.9 Å². The van der Waals surface area contributed by atoms with Crippen molar-refractivity contribution in [2.45, 2.75) is 19.8 Å². The SMILES string of the molecule is Cc1ccc(N2CCN(C(=O)C3CCCN(c4cnc5nccnc5c4)C3)CC2)cc1. The van der Waals surface area contributed by atoms with Gasteiger partial charge in [0.15, 0.2) is 5.65 Å². The van der Waals surface area contributed by atoms with Crippen molar-refractivity contribution in [3.05, 3.63) is 54.5 Å². The van der Waals surface area contributed by atoms with E-state index in [0.717, 1.165) is 63.3 Å². The van der Waals surface area contributed by atoms with Gasteiger partial charge >= 0.3 is 0 Å². The minimum atomic E-state index is 0.0391. The van der Waals surface area contributed by atoms with Crippen molar-refractivity contribution in [2.24, 2.45) is 5.92 Å². The molecular formula is C24H28N6O. The van der Waals surface area contributed by atoms with Crippen LogP contribution in [0, 0.1) is 12.8 Å². The summed E-state index contributed by atoms with van der Waals surface area (Å²) in [5.41, 5.74) is 4.99. The summed E-state index contributed by atoms with van der Waals surface area (Å²) in [7, 11) is 0. The Labute approximate surface area is 182 Å². The van der Waals surface area contributed by atoms with Crippen LogP contribution >= 0.6 is 0 Å². The first-order valence-electron chi connectivity index (χ1n) is 11.1. The van der Waals surface area contributed by atoms with Gasteiger partial charge in [-0.2, -0.15) is 0 Å². The molecule has 2 aromatic heterocycles. The zero-order valence-electron chi connectivity index (χ0n) is 17.9. The van der Waals surface area contributed by atoms with E-state index < -0.39 is 0 Å². The first-order valence-corrected chi connectivity index (χ1v) is 11.1. The quantitative estimate of drug-likeness (QED) is 0.654. The van der Waals surface area contributed by atoms with Crippen LogP contribution in [0.15, 0.2) is 48.9 Å². The maximum atomic E-state index is 13.3.